The first-order valence-electron chi connectivity index (χ1n) is 6.89. The van der Waals surface area contributed by atoms with E-state index in [-0.39, 0.29) is 12.6 Å². The second-order valence-electron chi connectivity index (χ2n) is 4.74. The molecule has 2 N–H and O–H groups in total. The fourth-order valence-corrected chi connectivity index (χ4v) is 1.81. The molecule has 0 spiro atoms. The van der Waals surface area contributed by atoms with Crippen molar-refractivity contribution in [3.05, 3.63) is 0 Å². The van der Waals surface area contributed by atoms with Crippen molar-refractivity contribution < 1.29 is 29.2 Å². The number of hydrogen-bond donors (Lipinski definition) is 2. The van der Waals surface area contributed by atoms with Gasteiger partial charge in [0.05, 0.1) is 0 Å². The lowest BCUT2D eigenvalue weighted by Crippen LogP contribution is -2.31. The van der Waals surface area contributed by atoms with Crippen LogP contribution < -0.4 is 0 Å². The summed E-state index contributed by atoms with van der Waals surface area (Å²) >= 11 is 0. The molecule has 2 rings (SSSR count). The van der Waals surface area contributed by atoms with Crippen LogP contribution in [0.5, 0.6) is 0 Å². The number of aliphatic hydroxyl groups is 1. The van der Waals surface area contributed by atoms with Gasteiger partial charge in [-0.2, -0.15) is 0 Å². The molecule has 0 saturated carbocycles. The van der Waals surface area contributed by atoms with E-state index in [1.807, 2.05) is 0 Å². The van der Waals surface area contributed by atoms with E-state index in [4.69, 9.17) is 24.4 Å². The van der Waals surface area contributed by atoms with Gasteiger partial charge in [-0.3, -0.25) is 0 Å². The van der Waals surface area contributed by atoms with E-state index in [1.165, 1.54) is 32.6 Å². The number of carboxylic acids is 1. The first-order chi connectivity index (χ1) is 9.09. The van der Waals surface area contributed by atoms with Crippen LogP contribution in [-0.4, -0.2) is 48.1 Å². The van der Waals surface area contributed by atoms with Gasteiger partial charge < -0.3 is 24.4 Å². The van der Waals surface area contributed by atoms with Crippen molar-refractivity contribution >= 4 is 5.97 Å². The molecule has 2 fully saturated rings. The molecule has 0 aromatic rings. The minimum Gasteiger partial charge on any atom is -0.479 e. The lowest BCUT2D eigenvalue weighted by atomic mass is 10.2. The first kappa shape index (κ1) is 16.4. The van der Waals surface area contributed by atoms with Crippen molar-refractivity contribution in [3.8, 4) is 0 Å². The molecule has 0 aromatic heterocycles. The molecule has 0 bridgehead atoms. The topological polar surface area (TPSA) is 85.2 Å². The smallest absolute Gasteiger partial charge is 0.332 e. The third-order valence-corrected chi connectivity index (χ3v) is 2.94. The Balaban J connectivity index is 0.000000258. The molecule has 3 unspecified atom stereocenters. The fraction of sp³-hybridized carbons (Fsp3) is 0.923. The minimum absolute atomic E-state index is 0.00292. The lowest BCUT2D eigenvalue weighted by molar-refractivity contribution is -0.264. The zero-order chi connectivity index (χ0) is 14.1. The minimum atomic E-state index is -1.23. The van der Waals surface area contributed by atoms with Crippen LogP contribution in [0, 0.1) is 0 Å². The fourth-order valence-electron chi connectivity index (χ4n) is 1.81. The summed E-state index contributed by atoms with van der Waals surface area (Å²) in [5, 5.41) is 15.8. The third-order valence-electron chi connectivity index (χ3n) is 2.94. The summed E-state index contributed by atoms with van der Waals surface area (Å²) in [7, 11) is 0. The Kier molecular flexibility index (Phi) is 7.97. The van der Waals surface area contributed by atoms with E-state index in [9.17, 15) is 4.79 Å². The molecule has 2 saturated heterocycles. The maximum atomic E-state index is 9.45. The summed E-state index contributed by atoms with van der Waals surface area (Å²) in [6, 6.07) is 0. The molecule has 0 aromatic carbocycles. The van der Waals surface area contributed by atoms with Gasteiger partial charge in [-0.15, -0.1) is 0 Å². The normalized spacial score (nSPS) is 28.9. The van der Waals surface area contributed by atoms with Crippen LogP contribution in [0.3, 0.4) is 0 Å². The molecule has 0 aliphatic carbocycles. The second kappa shape index (κ2) is 9.25. The van der Waals surface area contributed by atoms with Gasteiger partial charge in [-0.05, 0) is 45.4 Å². The largest absolute Gasteiger partial charge is 0.479 e. The number of aliphatic carboxylic acids is 1. The second-order valence-corrected chi connectivity index (χ2v) is 4.74. The van der Waals surface area contributed by atoms with Gasteiger partial charge in [0.25, 0.3) is 0 Å². The molecule has 6 heteroatoms. The average molecular weight is 276 g/mol. The summed E-state index contributed by atoms with van der Waals surface area (Å²) in [6.45, 7) is 2.89. The predicted molar refractivity (Wildman–Crippen MR) is 67.6 cm³/mol. The van der Waals surface area contributed by atoms with Gasteiger partial charge in [0.2, 0.25) is 0 Å². The van der Waals surface area contributed by atoms with Crippen molar-refractivity contribution in [2.75, 3.05) is 13.2 Å². The number of carboxylic acid groups (broad SMARTS) is 1. The van der Waals surface area contributed by atoms with Crippen LogP contribution in [0.2, 0.25) is 0 Å². The van der Waals surface area contributed by atoms with E-state index in [0.717, 1.165) is 26.1 Å². The van der Waals surface area contributed by atoms with Crippen molar-refractivity contribution in [1.82, 2.24) is 0 Å². The molecule has 2 aliphatic rings. The zero-order valence-corrected chi connectivity index (χ0v) is 11.4. The lowest BCUT2D eigenvalue weighted by Gasteiger charge is -2.29. The van der Waals surface area contributed by atoms with Crippen molar-refractivity contribution in [2.24, 2.45) is 0 Å². The summed E-state index contributed by atoms with van der Waals surface area (Å²) in [4.78, 5) is 9.45. The molecule has 0 radical (unpaired) electrons. The van der Waals surface area contributed by atoms with E-state index < -0.39 is 12.1 Å². The molecule has 0 amide bonds. The van der Waals surface area contributed by atoms with Crippen molar-refractivity contribution in [3.63, 3.8) is 0 Å². The highest BCUT2D eigenvalue weighted by Gasteiger charge is 2.21. The highest BCUT2D eigenvalue weighted by Crippen LogP contribution is 2.20. The van der Waals surface area contributed by atoms with Gasteiger partial charge in [-0.1, -0.05) is 0 Å². The quantitative estimate of drug-likeness (QED) is 0.812. The van der Waals surface area contributed by atoms with Crippen molar-refractivity contribution in [1.29, 1.82) is 0 Å². The van der Waals surface area contributed by atoms with Crippen molar-refractivity contribution in [2.45, 2.75) is 64.1 Å². The predicted octanol–water partition coefficient (Wildman–Crippen LogP) is 1.51. The number of ether oxygens (including phenoxy) is 3. The molecule has 19 heavy (non-hydrogen) atoms. The van der Waals surface area contributed by atoms with Crippen LogP contribution >= 0.6 is 0 Å². The summed E-state index contributed by atoms with van der Waals surface area (Å²) in [5.74, 6) is -1.19. The van der Waals surface area contributed by atoms with Crippen LogP contribution in [0.25, 0.3) is 0 Å². The molecule has 2 aliphatic heterocycles. The monoisotopic (exact) mass is 276 g/mol. The Morgan fingerprint density at radius 2 is 1.53 bits per heavy atom. The van der Waals surface area contributed by atoms with Gasteiger partial charge >= 0.3 is 5.97 Å². The molecule has 3 atom stereocenters. The third kappa shape index (κ3) is 7.47. The van der Waals surface area contributed by atoms with E-state index in [2.05, 4.69) is 0 Å². The average Bonchev–Trinajstić information content (AvgIpc) is 2.41. The first-order valence-corrected chi connectivity index (χ1v) is 6.89. The highest BCUT2D eigenvalue weighted by molar-refractivity contribution is 5.71. The van der Waals surface area contributed by atoms with Gasteiger partial charge in [-0.25, -0.2) is 4.79 Å². The maximum absolute atomic E-state index is 9.45. The highest BCUT2D eigenvalue weighted by atomic mass is 16.8. The van der Waals surface area contributed by atoms with Gasteiger partial charge in [0.1, 0.15) is 6.10 Å². The SMILES string of the molecule is C1CCC(OC2CCCCO2)OC1.CC(O)C(=O)O. The van der Waals surface area contributed by atoms with Crippen LogP contribution in [0.4, 0.5) is 0 Å². The number of aliphatic hydroxyl groups excluding tert-OH is 1. The van der Waals surface area contributed by atoms with Crippen LogP contribution in [0.15, 0.2) is 0 Å². The standard InChI is InChI=1S/C10H18O3.C3H6O3/c1-3-7-11-9(5-1)13-10-6-2-4-8-12-10;1-2(4)3(5)6/h9-10H,1-8H2;2,4H,1H3,(H,5,6). The Hall–Kier alpha value is -0.690. The van der Waals surface area contributed by atoms with Crippen LogP contribution in [0.1, 0.15) is 45.4 Å². The van der Waals surface area contributed by atoms with E-state index in [1.54, 1.807) is 0 Å². The summed E-state index contributed by atoms with van der Waals surface area (Å²) < 4.78 is 16.6. The number of hydrogen-bond acceptors (Lipinski definition) is 5. The molecule has 6 nitrogen and oxygen atoms in total. The molecule has 112 valence electrons. The molecular weight excluding hydrogens is 252 g/mol. The van der Waals surface area contributed by atoms with E-state index in [0.29, 0.717) is 0 Å². The Morgan fingerprint density at radius 1 is 1.11 bits per heavy atom. The Bertz CT molecular complexity index is 228. The summed E-state index contributed by atoms with van der Waals surface area (Å²) in [6.07, 6.45) is 5.60. The molecular formula is C13H24O6. The Labute approximate surface area is 113 Å². The van der Waals surface area contributed by atoms with Gasteiger partial charge in [0, 0.05) is 13.2 Å². The number of rotatable bonds is 3. The van der Waals surface area contributed by atoms with E-state index >= 15 is 0 Å². The van der Waals surface area contributed by atoms with Gasteiger partial charge in [0.15, 0.2) is 12.6 Å². The van der Waals surface area contributed by atoms with Crippen LogP contribution in [-0.2, 0) is 19.0 Å². The Morgan fingerprint density at radius 3 is 1.79 bits per heavy atom. The molecule has 2 heterocycles. The number of carbonyl (C=O) groups is 1. The summed E-state index contributed by atoms with van der Waals surface area (Å²) in [5.41, 5.74) is 0. The zero-order valence-electron chi connectivity index (χ0n) is 11.4. The maximum Gasteiger partial charge on any atom is 0.332 e.